The van der Waals surface area contributed by atoms with Gasteiger partial charge in [0.2, 0.25) is 0 Å². The minimum Gasteiger partial charge on any atom is -0.377 e. The fourth-order valence-electron chi connectivity index (χ4n) is 4.66. The molecule has 2 saturated heterocycles. The van der Waals surface area contributed by atoms with Gasteiger partial charge in [0.05, 0.1) is 13.2 Å². The number of ketones is 2. The molecule has 38 heavy (non-hydrogen) atoms. The minimum absolute atomic E-state index is 0.419. The molecular formula is C32H46N2O4. The molecule has 2 fully saturated rings. The molecule has 0 atom stereocenters. The number of rotatable bonds is 14. The molecule has 0 bridgehead atoms. The fraction of sp³-hybridized carbons (Fsp3) is 0.562. The van der Waals surface area contributed by atoms with Gasteiger partial charge in [-0.3, -0.25) is 9.59 Å². The first-order valence-corrected chi connectivity index (χ1v) is 14.4. The molecule has 208 valence electrons. The van der Waals surface area contributed by atoms with Crippen molar-refractivity contribution in [3.8, 4) is 0 Å². The third-order valence-corrected chi connectivity index (χ3v) is 7.08. The molecule has 0 saturated carbocycles. The number of hydrogen-bond acceptors (Lipinski definition) is 6. The first-order valence-electron chi connectivity index (χ1n) is 14.4. The number of carbonyl (C=O) groups excluding carboxylic acids is 2. The molecule has 4 rings (SSSR count). The summed E-state index contributed by atoms with van der Waals surface area (Å²) < 4.78 is 11.3. The Hall–Kier alpha value is -2.38. The van der Waals surface area contributed by atoms with Crippen molar-refractivity contribution in [2.75, 3.05) is 52.5 Å². The van der Waals surface area contributed by atoms with Gasteiger partial charge in [-0.05, 0) is 49.9 Å². The third-order valence-electron chi connectivity index (χ3n) is 7.08. The van der Waals surface area contributed by atoms with Gasteiger partial charge in [0.1, 0.15) is 11.6 Å². The van der Waals surface area contributed by atoms with Crippen molar-refractivity contribution < 1.29 is 19.1 Å². The van der Waals surface area contributed by atoms with Gasteiger partial charge >= 0.3 is 0 Å². The van der Waals surface area contributed by atoms with Crippen molar-refractivity contribution >= 4 is 11.6 Å². The highest BCUT2D eigenvalue weighted by molar-refractivity contribution is 5.79. The van der Waals surface area contributed by atoms with Crippen LogP contribution in [-0.2, 0) is 32.3 Å². The van der Waals surface area contributed by atoms with Crippen LogP contribution >= 0.6 is 0 Å². The van der Waals surface area contributed by atoms with E-state index in [4.69, 9.17) is 9.47 Å². The van der Waals surface area contributed by atoms with Crippen LogP contribution in [0.1, 0.15) is 62.5 Å². The molecule has 0 N–H and O–H groups in total. The maximum atomic E-state index is 11.1. The molecular weight excluding hydrogens is 476 g/mol. The zero-order chi connectivity index (χ0) is 26.7. The summed E-state index contributed by atoms with van der Waals surface area (Å²) in [6, 6.07) is 20.5. The molecule has 0 unspecified atom stereocenters. The average molecular weight is 523 g/mol. The lowest BCUT2D eigenvalue weighted by Crippen LogP contribution is -2.34. The molecule has 2 aromatic rings. The standard InChI is InChI=1S/2C16H23NO2/c2*18-16-8-11-17(12-9-16)10-4-5-13-19-14-15-6-2-1-3-7-15/h2*1-3,6-7H,4-5,8-14H2. The second-order valence-electron chi connectivity index (χ2n) is 10.3. The number of hydrogen-bond donors (Lipinski definition) is 0. The van der Waals surface area contributed by atoms with E-state index >= 15 is 0 Å². The lowest BCUT2D eigenvalue weighted by Gasteiger charge is -2.25. The van der Waals surface area contributed by atoms with Gasteiger partial charge in [-0.1, -0.05) is 60.7 Å². The molecule has 2 aliphatic heterocycles. The highest BCUT2D eigenvalue weighted by Crippen LogP contribution is 2.09. The predicted molar refractivity (Wildman–Crippen MR) is 152 cm³/mol. The van der Waals surface area contributed by atoms with E-state index in [-0.39, 0.29) is 0 Å². The van der Waals surface area contributed by atoms with E-state index in [0.29, 0.717) is 24.8 Å². The Morgan fingerprint density at radius 2 is 0.895 bits per heavy atom. The van der Waals surface area contributed by atoms with Gasteiger partial charge in [0, 0.05) is 65.1 Å². The molecule has 6 heteroatoms. The van der Waals surface area contributed by atoms with Crippen LogP contribution in [0.5, 0.6) is 0 Å². The first-order chi connectivity index (χ1) is 18.7. The quantitative estimate of drug-likeness (QED) is 0.314. The van der Waals surface area contributed by atoms with Gasteiger partial charge in [0.25, 0.3) is 0 Å². The number of benzene rings is 2. The summed E-state index contributed by atoms with van der Waals surface area (Å²) >= 11 is 0. The Labute approximate surface area is 229 Å². The maximum Gasteiger partial charge on any atom is 0.135 e. The van der Waals surface area contributed by atoms with Crippen molar-refractivity contribution in [3.05, 3.63) is 71.8 Å². The van der Waals surface area contributed by atoms with E-state index < -0.39 is 0 Å². The molecule has 2 aliphatic rings. The SMILES string of the molecule is O=C1CCN(CCCCOCc2ccccc2)CC1.O=C1CCN(CCCCOCc2ccccc2)CC1. The summed E-state index contributed by atoms with van der Waals surface area (Å²) in [5.41, 5.74) is 2.47. The van der Waals surface area contributed by atoms with Crippen molar-refractivity contribution in [3.63, 3.8) is 0 Å². The van der Waals surface area contributed by atoms with Crippen LogP contribution in [0.15, 0.2) is 60.7 Å². The predicted octanol–water partition coefficient (Wildman–Crippen LogP) is 5.30. The number of carbonyl (C=O) groups is 2. The Kier molecular flexibility index (Phi) is 14.9. The van der Waals surface area contributed by atoms with Crippen LogP contribution in [0.4, 0.5) is 0 Å². The van der Waals surface area contributed by atoms with E-state index in [1.807, 2.05) is 36.4 Å². The minimum atomic E-state index is 0.419. The Bertz CT molecular complexity index is 811. The molecule has 0 radical (unpaired) electrons. The van der Waals surface area contributed by atoms with Crippen molar-refractivity contribution in [2.24, 2.45) is 0 Å². The van der Waals surface area contributed by atoms with Crippen LogP contribution < -0.4 is 0 Å². The topological polar surface area (TPSA) is 59.1 Å². The van der Waals surface area contributed by atoms with E-state index in [2.05, 4.69) is 34.1 Å². The lowest BCUT2D eigenvalue weighted by molar-refractivity contribution is -0.122. The lowest BCUT2D eigenvalue weighted by atomic mass is 10.1. The monoisotopic (exact) mass is 522 g/mol. The smallest absolute Gasteiger partial charge is 0.135 e. The molecule has 6 nitrogen and oxygen atoms in total. The van der Waals surface area contributed by atoms with Crippen molar-refractivity contribution in [1.29, 1.82) is 0 Å². The summed E-state index contributed by atoms with van der Waals surface area (Å²) in [7, 11) is 0. The van der Waals surface area contributed by atoms with Crippen LogP contribution in [0, 0.1) is 0 Å². The normalized spacial score (nSPS) is 16.7. The maximum absolute atomic E-state index is 11.1. The van der Waals surface area contributed by atoms with Crippen LogP contribution in [0.25, 0.3) is 0 Å². The summed E-state index contributed by atoms with van der Waals surface area (Å²) in [5.74, 6) is 0.838. The number of unbranched alkanes of at least 4 members (excludes halogenated alkanes) is 2. The molecule has 2 heterocycles. The number of Topliss-reactive ketones (excluding diaryl/α,β-unsaturated/α-hetero) is 2. The van der Waals surface area contributed by atoms with Crippen LogP contribution in [0.3, 0.4) is 0 Å². The Morgan fingerprint density at radius 3 is 1.26 bits per heavy atom. The molecule has 0 aromatic heterocycles. The largest absolute Gasteiger partial charge is 0.377 e. The fourth-order valence-corrected chi connectivity index (χ4v) is 4.66. The number of ether oxygens (including phenoxy) is 2. The van der Waals surface area contributed by atoms with Gasteiger partial charge in [-0.15, -0.1) is 0 Å². The van der Waals surface area contributed by atoms with E-state index in [0.717, 1.165) is 104 Å². The van der Waals surface area contributed by atoms with Gasteiger partial charge < -0.3 is 19.3 Å². The number of likely N-dealkylation sites (tertiary alicyclic amines) is 2. The second-order valence-corrected chi connectivity index (χ2v) is 10.3. The molecule has 0 spiro atoms. The number of nitrogens with zero attached hydrogens (tertiary/aromatic N) is 2. The summed E-state index contributed by atoms with van der Waals surface area (Å²) in [4.78, 5) is 27.0. The van der Waals surface area contributed by atoms with E-state index in [1.54, 1.807) is 0 Å². The zero-order valence-electron chi connectivity index (χ0n) is 23.0. The van der Waals surface area contributed by atoms with Crippen molar-refractivity contribution in [2.45, 2.75) is 64.6 Å². The van der Waals surface area contributed by atoms with Gasteiger partial charge in [-0.25, -0.2) is 0 Å². The highest BCUT2D eigenvalue weighted by atomic mass is 16.5. The summed E-state index contributed by atoms with van der Waals surface area (Å²) in [6.45, 7) is 9.05. The van der Waals surface area contributed by atoms with Crippen LogP contribution in [-0.4, -0.2) is 73.8 Å². The zero-order valence-corrected chi connectivity index (χ0v) is 23.0. The van der Waals surface area contributed by atoms with Crippen molar-refractivity contribution in [1.82, 2.24) is 9.80 Å². The first kappa shape index (κ1) is 30.2. The van der Waals surface area contributed by atoms with E-state index in [1.165, 1.54) is 11.1 Å². The Morgan fingerprint density at radius 1 is 0.526 bits per heavy atom. The highest BCUT2D eigenvalue weighted by Gasteiger charge is 2.15. The average Bonchev–Trinajstić information content (AvgIpc) is 2.96. The molecule has 0 aliphatic carbocycles. The molecule has 0 amide bonds. The van der Waals surface area contributed by atoms with Gasteiger partial charge in [0.15, 0.2) is 0 Å². The number of piperidine rings is 2. The molecule has 2 aromatic carbocycles. The Balaban J connectivity index is 0.000000211. The second kappa shape index (κ2) is 18.8. The third kappa shape index (κ3) is 13.4. The van der Waals surface area contributed by atoms with Crippen LogP contribution in [0.2, 0.25) is 0 Å². The van der Waals surface area contributed by atoms with E-state index in [9.17, 15) is 9.59 Å². The summed E-state index contributed by atoms with van der Waals surface area (Å²) in [5, 5.41) is 0. The summed E-state index contributed by atoms with van der Waals surface area (Å²) in [6.07, 6.45) is 7.46. The van der Waals surface area contributed by atoms with Gasteiger partial charge in [-0.2, -0.15) is 0 Å².